The van der Waals surface area contributed by atoms with Gasteiger partial charge in [0.1, 0.15) is 0 Å². The van der Waals surface area contributed by atoms with E-state index in [4.69, 9.17) is 17.3 Å². The molecule has 0 spiro atoms. The molecule has 1 aliphatic rings. The van der Waals surface area contributed by atoms with Crippen molar-refractivity contribution in [1.29, 1.82) is 5.26 Å². The van der Waals surface area contributed by atoms with Crippen LogP contribution in [0, 0.1) is 11.5 Å². The lowest BCUT2D eigenvalue weighted by Gasteiger charge is -2.12. The number of halogens is 1. The monoisotopic (exact) mass is 311 g/mol. The van der Waals surface area contributed by atoms with Gasteiger partial charge in [0.25, 0.3) is 0 Å². The van der Waals surface area contributed by atoms with Crippen LogP contribution in [0.3, 0.4) is 0 Å². The van der Waals surface area contributed by atoms with E-state index in [2.05, 4.69) is 6.19 Å². The van der Waals surface area contributed by atoms with Crippen molar-refractivity contribution in [1.82, 2.24) is 4.90 Å². The van der Waals surface area contributed by atoms with Crippen molar-refractivity contribution >= 4 is 17.5 Å². The number of nitrogens with two attached hydrogens (primary N) is 1. The van der Waals surface area contributed by atoms with Gasteiger partial charge >= 0.3 is 0 Å². The third-order valence-electron chi connectivity index (χ3n) is 4.12. The topological polar surface area (TPSA) is 70.1 Å². The molecule has 0 aromatic heterocycles. The summed E-state index contributed by atoms with van der Waals surface area (Å²) in [6.07, 6.45) is 2.21. The number of carbonyl (C=O) groups is 1. The Morgan fingerprint density at radius 3 is 2.82 bits per heavy atom. The van der Waals surface area contributed by atoms with Gasteiger partial charge in [-0.1, -0.05) is 35.9 Å². The Bertz CT molecular complexity index is 810. The van der Waals surface area contributed by atoms with E-state index in [0.29, 0.717) is 17.1 Å². The molecule has 110 valence electrons. The van der Waals surface area contributed by atoms with Gasteiger partial charge in [-0.25, -0.2) is 0 Å². The summed E-state index contributed by atoms with van der Waals surface area (Å²) in [6.45, 7) is 2.53. The molecule has 1 unspecified atom stereocenters. The summed E-state index contributed by atoms with van der Waals surface area (Å²) in [7, 11) is 0. The van der Waals surface area contributed by atoms with Crippen LogP contribution in [0.4, 0.5) is 0 Å². The number of carbonyl (C=O) groups excluding carboxylic acids is 1. The molecule has 1 aliphatic heterocycles. The third kappa shape index (κ3) is 2.20. The molecule has 0 saturated heterocycles. The van der Waals surface area contributed by atoms with Crippen LogP contribution < -0.4 is 5.73 Å². The van der Waals surface area contributed by atoms with Gasteiger partial charge in [-0.05, 0) is 41.3 Å². The van der Waals surface area contributed by atoms with Crippen LogP contribution in [-0.4, -0.2) is 10.8 Å². The molecular weight excluding hydrogens is 298 g/mol. The normalized spacial score (nSPS) is 16.2. The predicted octanol–water partition coefficient (Wildman–Crippen LogP) is 3.46. The first-order chi connectivity index (χ1) is 10.5. The van der Waals surface area contributed by atoms with Crippen molar-refractivity contribution in [3.05, 3.63) is 58.1 Å². The first kappa shape index (κ1) is 14.4. The summed E-state index contributed by atoms with van der Waals surface area (Å²) < 4.78 is 0. The van der Waals surface area contributed by atoms with Crippen molar-refractivity contribution in [2.75, 3.05) is 0 Å². The van der Waals surface area contributed by atoms with Crippen molar-refractivity contribution in [3.8, 4) is 17.3 Å². The fourth-order valence-electron chi connectivity index (χ4n) is 2.98. The molecule has 22 heavy (non-hydrogen) atoms. The van der Waals surface area contributed by atoms with Crippen LogP contribution in [0.25, 0.3) is 11.1 Å². The van der Waals surface area contributed by atoms with Crippen LogP contribution in [0.5, 0.6) is 0 Å². The predicted molar refractivity (Wildman–Crippen MR) is 85.0 cm³/mol. The summed E-state index contributed by atoms with van der Waals surface area (Å²) in [5.41, 5.74) is 9.71. The molecule has 3 rings (SSSR count). The van der Waals surface area contributed by atoms with E-state index >= 15 is 0 Å². The molecule has 0 bridgehead atoms. The maximum atomic E-state index is 11.7. The van der Waals surface area contributed by atoms with E-state index in [0.717, 1.165) is 22.3 Å². The van der Waals surface area contributed by atoms with Gasteiger partial charge in [0, 0.05) is 10.6 Å². The highest BCUT2D eigenvalue weighted by Crippen LogP contribution is 2.39. The maximum absolute atomic E-state index is 11.7. The molecule has 1 heterocycles. The number of nitriles is 1. The average Bonchev–Trinajstić information content (AvgIpc) is 2.84. The summed E-state index contributed by atoms with van der Waals surface area (Å²) in [6, 6.07) is 11.1. The third-order valence-corrected chi connectivity index (χ3v) is 4.36. The molecular formula is C17H14ClN3O. The number of primary amides is 1. The summed E-state index contributed by atoms with van der Waals surface area (Å²) in [5.74, 6) is -0.515. The van der Waals surface area contributed by atoms with Gasteiger partial charge in [0.05, 0.1) is 12.6 Å². The highest BCUT2D eigenvalue weighted by molar-refractivity contribution is 6.31. The van der Waals surface area contributed by atoms with Crippen LogP contribution in [0.15, 0.2) is 36.4 Å². The lowest BCUT2D eigenvalue weighted by Crippen LogP contribution is -2.13. The van der Waals surface area contributed by atoms with E-state index in [1.54, 1.807) is 23.1 Å². The van der Waals surface area contributed by atoms with E-state index in [1.807, 2.05) is 25.1 Å². The Morgan fingerprint density at radius 2 is 2.14 bits per heavy atom. The molecule has 0 aliphatic carbocycles. The maximum Gasteiger partial charge on any atom is 0.249 e. The molecule has 1 amide bonds. The Balaban J connectivity index is 2.21. The van der Waals surface area contributed by atoms with Crippen LogP contribution in [0.2, 0.25) is 5.02 Å². The zero-order chi connectivity index (χ0) is 15.9. The van der Waals surface area contributed by atoms with Gasteiger partial charge < -0.3 is 5.73 Å². The molecule has 2 aromatic carbocycles. The summed E-state index contributed by atoms with van der Waals surface area (Å²) in [5, 5.41) is 9.70. The molecule has 4 nitrogen and oxygen atoms in total. The lowest BCUT2D eigenvalue weighted by molar-refractivity contribution is 0.100. The SMILES string of the molecule is CC1c2cccc(-c3ccc(Cl)cc3C(N)=O)c2CN1C#N. The number of benzene rings is 2. The minimum Gasteiger partial charge on any atom is -0.366 e. The van der Waals surface area contributed by atoms with Gasteiger partial charge in [0.2, 0.25) is 5.91 Å². The number of rotatable bonds is 2. The average molecular weight is 312 g/mol. The Morgan fingerprint density at radius 1 is 1.36 bits per heavy atom. The largest absolute Gasteiger partial charge is 0.366 e. The number of nitrogens with zero attached hydrogens (tertiary/aromatic N) is 2. The second kappa shape index (κ2) is 5.36. The lowest BCUT2D eigenvalue weighted by atomic mass is 9.92. The van der Waals surface area contributed by atoms with Crippen LogP contribution >= 0.6 is 11.6 Å². The molecule has 5 heteroatoms. The first-order valence-corrected chi connectivity index (χ1v) is 7.28. The van der Waals surface area contributed by atoms with E-state index in [-0.39, 0.29) is 6.04 Å². The standard InChI is InChI=1S/C17H14ClN3O/c1-10-12-3-2-4-13(16(12)8-21(10)9-19)14-6-5-11(18)7-15(14)17(20)22/h2-7,10H,8H2,1H3,(H2,20,22). The van der Waals surface area contributed by atoms with Gasteiger partial charge in [-0.2, -0.15) is 5.26 Å². The van der Waals surface area contributed by atoms with Gasteiger partial charge in [-0.15, -0.1) is 0 Å². The van der Waals surface area contributed by atoms with Crippen molar-refractivity contribution in [3.63, 3.8) is 0 Å². The number of fused-ring (bicyclic) bond motifs is 1. The smallest absolute Gasteiger partial charge is 0.249 e. The fourth-order valence-corrected chi connectivity index (χ4v) is 3.15. The second-order valence-corrected chi connectivity index (χ2v) is 5.77. The number of amides is 1. The molecule has 0 fully saturated rings. The van der Waals surface area contributed by atoms with Crippen LogP contribution in [-0.2, 0) is 6.54 Å². The minimum atomic E-state index is -0.515. The molecule has 2 aromatic rings. The Kier molecular flexibility index (Phi) is 3.51. The highest BCUT2D eigenvalue weighted by Gasteiger charge is 2.28. The van der Waals surface area contributed by atoms with Gasteiger partial charge in [0.15, 0.2) is 6.19 Å². The summed E-state index contributed by atoms with van der Waals surface area (Å²) in [4.78, 5) is 13.4. The molecule has 0 saturated carbocycles. The minimum absolute atomic E-state index is 0.0317. The molecule has 2 N–H and O–H groups in total. The zero-order valence-electron chi connectivity index (χ0n) is 12.0. The van der Waals surface area contributed by atoms with E-state index in [1.165, 1.54) is 0 Å². The highest BCUT2D eigenvalue weighted by atomic mass is 35.5. The molecule has 1 atom stereocenters. The molecule has 0 radical (unpaired) electrons. The van der Waals surface area contributed by atoms with E-state index in [9.17, 15) is 10.1 Å². The second-order valence-electron chi connectivity index (χ2n) is 5.33. The Hall–Kier alpha value is -2.51. The number of hydrogen-bond donors (Lipinski definition) is 1. The van der Waals surface area contributed by atoms with Crippen molar-refractivity contribution in [2.45, 2.75) is 19.5 Å². The van der Waals surface area contributed by atoms with Crippen molar-refractivity contribution in [2.24, 2.45) is 5.73 Å². The summed E-state index contributed by atoms with van der Waals surface area (Å²) >= 11 is 5.98. The van der Waals surface area contributed by atoms with Crippen LogP contribution in [0.1, 0.15) is 34.5 Å². The van der Waals surface area contributed by atoms with Crippen molar-refractivity contribution < 1.29 is 4.79 Å². The quantitative estimate of drug-likeness (QED) is 0.863. The van der Waals surface area contributed by atoms with Gasteiger partial charge in [-0.3, -0.25) is 9.69 Å². The van der Waals surface area contributed by atoms with E-state index < -0.39 is 5.91 Å². The Labute approximate surface area is 133 Å². The zero-order valence-corrected chi connectivity index (χ0v) is 12.8. The first-order valence-electron chi connectivity index (χ1n) is 6.91. The fraction of sp³-hybridized carbons (Fsp3) is 0.176. The number of hydrogen-bond acceptors (Lipinski definition) is 3.